The summed E-state index contributed by atoms with van der Waals surface area (Å²) >= 11 is 0. The van der Waals surface area contributed by atoms with Crippen LogP contribution in [0.5, 0.6) is 5.75 Å². The molecule has 3 saturated heterocycles. The number of fused-ring (bicyclic) bond motifs is 3. The number of rotatable bonds is 3. The molecule has 0 saturated carbocycles. The van der Waals surface area contributed by atoms with Crippen LogP contribution in [-0.4, -0.2) is 47.6 Å². The Morgan fingerprint density at radius 1 is 1.00 bits per heavy atom. The van der Waals surface area contributed by atoms with Crippen molar-refractivity contribution in [3.05, 3.63) is 60.2 Å². The zero-order valence-corrected chi connectivity index (χ0v) is 16.0. The van der Waals surface area contributed by atoms with E-state index < -0.39 is 11.5 Å². The summed E-state index contributed by atoms with van der Waals surface area (Å²) in [5.41, 5.74) is 0.832. The van der Waals surface area contributed by atoms with Crippen molar-refractivity contribution in [2.45, 2.75) is 24.9 Å². The van der Waals surface area contributed by atoms with Crippen LogP contribution in [0.1, 0.15) is 24.9 Å². The summed E-state index contributed by atoms with van der Waals surface area (Å²) < 4.78 is 5.21. The van der Waals surface area contributed by atoms with Gasteiger partial charge in [-0.3, -0.25) is 9.59 Å². The molecule has 0 N–H and O–H groups in total. The fourth-order valence-electron chi connectivity index (χ4n) is 5.13. The van der Waals surface area contributed by atoms with Crippen LogP contribution in [0, 0.1) is 5.92 Å². The zero-order chi connectivity index (χ0) is 19.5. The van der Waals surface area contributed by atoms with Crippen molar-refractivity contribution in [3.63, 3.8) is 0 Å². The van der Waals surface area contributed by atoms with E-state index in [0.29, 0.717) is 11.4 Å². The number of hydrogen-bond donors (Lipinski definition) is 0. The fraction of sp³-hybridized carbons (Fsp3) is 0.364. The van der Waals surface area contributed by atoms with Gasteiger partial charge in [0.15, 0.2) is 0 Å². The van der Waals surface area contributed by atoms with Gasteiger partial charge in [0.1, 0.15) is 11.3 Å². The molecule has 0 radical (unpaired) electrons. The lowest BCUT2D eigenvalue weighted by atomic mass is 9.81. The lowest BCUT2D eigenvalue weighted by molar-refractivity contribution is -0.131. The number of methoxy groups -OCH3 is 1. The van der Waals surface area contributed by atoms with Crippen LogP contribution in [0.3, 0.4) is 0 Å². The average molecular weight is 377 g/mol. The second kappa shape index (κ2) is 6.15. The normalized spacial score (nSPS) is 30.0. The van der Waals surface area contributed by atoms with Gasteiger partial charge >= 0.3 is 0 Å². The molecule has 3 heterocycles. The van der Waals surface area contributed by atoms with E-state index in [-0.39, 0.29) is 17.9 Å². The van der Waals surface area contributed by atoms with Gasteiger partial charge in [-0.2, -0.15) is 0 Å². The number of ether oxygens (including phenoxy) is 1. The highest BCUT2D eigenvalue weighted by Crippen LogP contribution is 2.54. The molecule has 144 valence electrons. The Hall–Kier alpha value is -2.70. The van der Waals surface area contributed by atoms with E-state index in [1.54, 1.807) is 31.4 Å². The molecule has 3 atom stereocenters. The van der Waals surface area contributed by atoms with Crippen molar-refractivity contribution in [2.24, 2.45) is 5.92 Å². The van der Waals surface area contributed by atoms with Crippen LogP contribution in [0.4, 0.5) is 5.69 Å². The Bertz CT molecular complexity index is 930. The highest BCUT2D eigenvalue weighted by molar-refractivity contribution is 6.26. The molecular formula is C22H23N3O3. The molecule has 2 aromatic rings. The van der Waals surface area contributed by atoms with E-state index >= 15 is 0 Å². The largest absolute Gasteiger partial charge is 0.497 e. The second-order valence-electron chi connectivity index (χ2n) is 7.80. The number of hydrazine groups is 1. The second-order valence-corrected chi connectivity index (χ2v) is 7.80. The van der Waals surface area contributed by atoms with Gasteiger partial charge < -0.3 is 4.74 Å². The Labute approximate surface area is 164 Å². The SMILES string of the molecule is COc1ccc(N2C(=O)[C@@H]3[C@H](c4ccccc4)N4CCCN4[C@]3(C)C2=O)cc1. The predicted octanol–water partition coefficient (Wildman–Crippen LogP) is 2.62. The Morgan fingerprint density at radius 2 is 1.71 bits per heavy atom. The number of nitrogens with zero attached hydrogens (tertiary/aromatic N) is 3. The topological polar surface area (TPSA) is 53.1 Å². The first-order valence-electron chi connectivity index (χ1n) is 9.69. The molecule has 0 aromatic heterocycles. The monoisotopic (exact) mass is 377 g/mol. The maximum absolute atomic E-state index is 13.6. The molecule has 3 fully saturated rings. The molecule has 0 bridgehead atoms. The van der Waals surface area contributed by atoms with E-state index in [0.717, 1.165) is 25.1 Å². The van der Waals surface area contributed by atoms with E-state index in [1.807, 2.05) is 25.1 Å². The lowest BCUT2D eigenvalue weighted by Gasteiger charge is -2.33. The highest BCUT2D eigenvalue weighted by atomic mass is 16.5. The smallest absolute Gasteiger partial charge is 0.256 e. The lowest BCUT2D eigenvalue weighted by Crippen LogP contribution is -2.52. The van der Waals surface area contributed by atoms with Crippen LogP contribution in [-0.2, 0) is 9.59 Å². The summed E-state index contributed by atoms with van der Waals surface area (Å²) in [7, 11) is 1.60. The third kappa shape index (κ3) is 2.16. The molecule has 6 heteroatoms. The van der Waals surface area contributed by atoms with Gasteiger partial charge in [-0.15, -0.1) is 0 Å². The minimum absolute atomic E-state index is 0.117. The van der Waals surface area contributed by atoms with Crippen LogP contribution in [0.2, 0.25) is 0 Å². The van der Waals surface area contributed by atoms with E-state index in [9.17, 15) is 9.59 Å². The number of anilines is 1. The van der Waals surface area contributed by atoms with Crippen molar-refractivity contribution in [1.82, 2.24) is 10.0 Å². The molecular weight excluding hydrogens is 354 g/mol. The summed E-state index contributed by atoms with van der Waals surface area (Å²) in [5.74, 6) is 0.00542. The summed E-state index contributed by atoms with van der Waals surface area (Å²) in [6.45, 7) is 3.60. The third-order valence-corrected chi connectivity index (χ3v) is 6.44. The molecule has 2 aromatic carbocycles. The van der Waals surface area contributed by atoms with E-state index in [4.69, 9.17) is 4.74 Å². The predicted molar refractivity (Wildman–Crippen MR) is 105 cm³/mol. The van der Waals surface area contributed by atoms with Crippen molar-refractivity contribution >= 4 is 17.5 Å². The van der Waals surface area contributed by atoms with E-state index in [1.165, 1.54) is 4.90 Å². The Morgan fingerprint density at radius 3 is 2.39 bits per heavy atom. The molecule has 6 nitrogen and oxygen atoms in total. The first kappa shape index (κ1) is 17.4. The highest BCUT2D eigenvalue weighted by Gasteiger charge is 2.70. The summed E-state index contributed by atoms with van der Waals surface area (Å²) in [5, 5.41) is 4.38. The van der Waals surface area contributed by atoms with Crippen LogP contribution >= 0.6 is 0 Å². The van der Waals surface area contributed by atoms with Crippen molar-refractivity contribution in [1.29, 1.82) is 0 Å². The molecule has 28 heavy (non-hydrogen) atoms. The standard InChI is InChI=1S/C22H23N3O3/c1-22-18(19(15-7-4-3-5-8-15)23-13-6-14-24(22)23)20(26)25(21(22)27)16-9-11-17(28-2)12-10-16/h3-5,7-12,18-19H,6,13-14H2,1-2H3/t18-,19-,22-/m0/s1. The number of hydrogen-bond acceptors (Lipinski definition) is 5. The van der Waals surface area contributed by atoms with Crippen molar-refractivity contribution in [3.8, 4) is 5.75 Å². The average Bonchev–Trinajstić information content (AvgIpc) is 3.35. The number of amides is 2. The minimum atomic E-state index is -0.853. The van der Waals surface area contributed by atoms with Gasteiger partial charge in [-0.1, -0.05) is 30.3 Å². The third-order valence-electron chi connectivity index (χ3n) is 6.44. The summed E-state index contributed by atoms with van der Waals surface area (Å²) in [4.78, 5) is 28.6. The van der Waals surface area contributed by atoms with Gasteiger partial charge in [0.25, 0.3) is 5.91 Å². The van der Waals surface area contributed by atoms with Crippen LogP contribution in [0.25, 0.3) is 0 Å². The van der Waals surface area contributed by atoms with Gasteiger partial charge in [-0.05, 0) is 43.2 Å². The van der Waals surface area contributed by atoms with E-state index in [2.05, 4.69) is 22.2 Å². The molecule has 5 rings (SSSR count). The quantitative estimate of drug-likeness (QED) is 0.770. The van der Waals surface area contributed by atoms with Gasteiger partial charge in [0.05, 0.1) is 24.8 Å². The molecule has 0 unspecified atom stereocenters. The Kier molecular flexibility index (Phi) is 3.82. The first-order chi connectivity index (χ1) is 13.6. The van der Waals surface area contributed by atoms with Crippen LogP contribution < -0.4 is 9.64 Å². The summed E-state index contributed by atoms with van der Waals surface area (Å²) in [6.07, 6.45) is 0.996. The molecule has 0 aliphatic carbocycles. The molecule has 0 spiro atoms. The van der Waals surface area contributed by atoms with Gasteiger partial charge in [-0.25, -0.2) is 14.9 Å². The maximum Gasteiger partial charge on any atom is 0.256 e. The van der Waals surface area contributed by atoms with Gasteiger partial charge in [0, 0.05) is 13.1 Å². The fourth-order valence-corrected chi connectivity index (χ4v) is 5.13. The minimum Gasteiger partial charge on any atom is -0.497 e. The molecule has 3 aliphatic rings. The summed E-state index contributed by atoms with van der Waals surface area (Å²) in [6, 6.07) is 17.1. The van der Waals surface area contributed by atoms with Crippen molar-refractivity contribution in [2.75, 3.05) is 25.1 Å². The van der Waals surface area contributed by atoms with Crippen molar-refractivity contribution < 1.29 is 14.3 Å². The number of carbonyl (C=O) groups is 2. The number of imide groups is 1. The first-order valence-corrected chi connectivity index (χ1v) is 9.69. The maximum atomic E-state index is 13.6. The van der Waals surface area contributed by atoms with Crippen LogP contribution in [0.15, 0.2) is 54.6 Å². The van der Waals surface area contributed by atoms with Gasteiger partial charge in [0.2, 0.25) is 5.91 Å². The number of benzene rings is 2. The Balaban J connectivity index is 1.61. The number of carbonyl (C=O) groups excluding carboxylic acids is 2. The molecule has 3 aliphatic heterocycles. The zero-order valence-electron chi connectivity index (χ0n) is 16.0. The molecule has 2 amide bonds.